The lowest BCUT2D eigenvalue weighted by Crippen LogP contribution is -2.59. The van der Waals surface area contributed by atoms with Gasteiger partial charge in [0.05, 0.1) is 17.7 Å². The van der Waals surface area contributed by atoms with E-state index in [1.807, 2.05) is 57.7 Å². The molecule has 3 rings (SSSR count). The molecule has 1 saturated heterocycles. The first-order valence-corrected chi connectivity index (χ1v) is 10.9. The lowest BCUT2D eigenvalue weighted by atomic mass is 9.87. The Bertz CT molecular complexity index is 912. The number of fused-ring (bicyclic) bond motifs is 1. The summed E-state index contributed by atoms with van der Waals surface area (Å²) >= 11 is 0. The van der Waals surface area contributed by atoms with Gasteiger partial charge in [0.15, 0.2) is 0 Å². The van der Waals surface area contributed by atoms with Crippen LogP contribution in [0.25, 0.3) is 0 Å². The summed E-state index contributed by atoms with van der Waals surface area (Å²) in [6.07, 6.45) is -0.308. The monoisotopic (exact) mass is 426 g/mol. The molecule has 0 aromatic heterocycles. The average molecular weight is 427 g/mol. The van der Waals surface area contributed by atoms with Crippen molar-refractivity contribution < 1.29 is 14.3 Å². The largest absolute Gasteiger partial charge is 0.444 e. The smallest absolute Gasteiger partial charge is 0.410 e. The maximum Gasteiger partial charge on any atom is 0.410 e. The number of rotatable bonds is 2. The number of carbonyl (C=O) groups excluding carboxylic acids is 2. The molecule has 2 atom stereocenters. The van der Waals surface area contributed by atoms with E-state index in [-0.39, 0.29) is 29.5 Å². The quantitative estimate of drug-likeness (QED) is 0.723. The van der Waals surface area contributed by atoms with Crippen molar-refractivity contribution in [3.63, 3.8) is 0 Å². The summed E-state index contributed by atoms with van der Waals surface area (Å²) < 4.78 is 5.52. The predicted octanol–water partition coefficient (Wildman–Crippen LogP) is 3.51. The molecule has 1 fully saturated rings. The molecule has 0 saturated carbocycles. The molecule has 31 heavy (non-hydrogen) atoms. The highest BCUT2D eigenvalue weighted by Crippen LogP contribution is 2.41. The van der Waals surface area contributed by atoms with E-state index in [0.29, 0.717) is 31.7 Å². The van der Waals surface area contributed by atoms with Crippen molar-refractivity contribution in [1.29, 1.82) is 5.26 Å². The molecule has 2 amide bonds. The van der Waals surface area contributed by atoms with Crippen LogP contribution in [0.3, 0.4) is 0 Å². The fraction of sp³-hybridized carbons (Fsp3) is 0.625. The minimum absolute atomic E-state index is 0.0276. The Morgan fingerprint density at radius 1 is 1.26 bits per heavy atom. The molecule has 1 aromatic rings. The summed E-state index contributed by atoms with van der Waals surface area (Å²) in [6, 6.07) is 7.40. The van der Waals surface area contributed by atoms with Crippen LogP contribution in [0.2, 0.25) is 0 Å². The first-order valence-electron chi connectivity index (χ1n) is 10.9. The summed E-state index contributed by atoms with van der Waals surface area (Å²) in [4.78, 5) is 31.7. The molecular formula is C24H34N4O3. The number of carbonyl (C=O) groups is 2. The molecule has 168 valence electrons. The second-order valence-electron chi connectivity index (χ2n) is 10.3. The fourth-order valence-corrected chi connectivity index (χ4v) is 4.47. The van der Waals surface area contributed by atoms with Gasteiger partial charge >= 0.3 is 6.09 Å². The van der Waals surface area contributed by atoms with Gasteiger partial charge in [-0.05, 0) is 52.3 Å². The highest BCUT2D eigenvalue weighted by Gasteiger charge is 2.41. The van der Waals surface area contributed by atoms with Gasteiger partial charge in [0.1, 0.15) is 5.60 Å². The molecule has 0 unspecified atom stereocenters. The third-order valence-electron chi connectivity index (χ3n) is 6.16. The minimum Gasteiger partial charge on any atom is -0.444 e. The van der Waals surface area contributed by atoms with E-state index in [1.165, 1.54) is 0 Å². The SMILES string of the molecule is C[C@H](C(=O)N1CC(C)(C)c2ccc(C#N)cc21)N1CCN(C(=O)OC(C)(C)C)[C@@H](C)C1. The van der Waals surface area contributed by atoms with Crippen LogP contribution in [0.15, 0.2) is 18.2 Å². The van der Waals surface area contributed by atoms with Crippen molar-refractivity contribution in [2.45, 2.75) is 71.6 Å². The summed E-state index contributed by atoms with van der Waals surface area (Å²) in [5.74, 6) is 0.0276. The number of anilines is 1. The number of hydrogen-bond acceptors (Lipinski definition) is 5. The van der Waals surface area contributed by atoms with Gasteiger partial charge in [0, 0.05) is 43.3 Å². The van der Waals surface area contributed by atoms with Crippen LogP contribution in [-0.2, 0) is 14.9 Å². The van der Waals surface area contributed by atoms with Crippen molar-refractivity contribution in [2.75, 3.05) is 31.1 Å². The maximum atomic E-state index is 13.5. The molecular weight excluding hydrogens is 392 g/mol. The van der Waals surface area contributed by atoms with Crippen molar-refractivity contribution in [3.8, 4) is 6.07 Å². The van der Waals surface area contributed by atoms with Crippen LogP contribution in [0.1, 0.15) is 59.6 Å². The summed E-state index contributed by atoms with van der Waals surface area (Å²) in [5, 5.41) is 9.30. The number of hydrogen-bond donors (Lipinski definition) is 0. The highest BCUT2D eigenvalue weighted by atomic mass is 16.6. The third-order valence-corrected chi connectivity index (χ3v) is 6.16. The third kappa shape index (κ3) is 4.69. The Kier molecular flexibility index (Phi) is 6.07. The van der Waals surface area contributed by atoms with E-state index in [1.54, 1.807) is 4.90 Å². The Morgan fingerprint density at radius 2 is 1.94 bits per heavy atom. The summed E-state index contributed by atoms with van der Waals surface area (Å²) in [7, 11) is 0. The molecule has 2 aliphatic heterocycles. The summed E-state index contributed by atoms with van der Waals surface area (Å²) in [5.41, 5.74) is 1.79. The van der Waals surface area contributed by atoms with Crippen LogP contribution >= 0.6 is 0 Å². The number of nitriles is 1. The predicted molar refractivity (Wildman–Crippen MR) is 120 cm³/mol. The average Bonchev–Trinajstić information content (AvgIpc) is 2.95. The molecule has 0 aliphatic carbocycles. The number of benzene rings is 1. The van der Waals surface area contributed by atoms with Crippen LogP contribution in [-0.4, -0.2) is 65.7 Å². The second kappa shape index (κ2) is 8.16. The molecule has 2 heterocycles. The molecule has 0 N–H and O–H groups in total. The Morgan fingerprint density at radius 3 is 2.52 bits per heavy atom. The molecule has 2 aliphatic rings. The topological polar surface area (TPSA) is 76.9 Å². The van der Waals surface area contributed by atoms with E-state index in [4.69, 9.17) is 4.74 Å². The summed E-state index contributed by atoms with van der Waals surface area (Å²) in [6.45, 7) is 16.1. The molecule has 0 radical (unpaired) electrons. The Labute approximate surface area is 185 Å². The van der Waals surface area contributed by atoms with Gasteiger partial charge in [-0.15, -0.1) is 0 Å². The molecule has 7 nitrogen and oxygen atoms in total. The van der Waals surface area contributed by atoms with Gasteiger partial charge in [-0.3, -0.25) is 9.69 Å². The Hall–Kier alpha value is -2.59. The molecule has 1 aromatic carbocycles. The van der Waals surface area contributed by atoms with Gasteiger partial charge in [0.2, 0.25) is 5.91 Å². The first-order chi connectivity index (χ1) is 14.3. The second-order valence-corrected chi connectivity index (χ2v) is 10.3. The van der Waals surface area contributed by atoms with Crippen LogP contribution in [0.4, 0.5) is 10.5 Å². The van der Waals surface area contributed by atoms with Crippen LogP contribution in [0.5, 0.6) is 0 Å². The maximum absolute atomic E-state index is 13.5. The zero-order valence-electron chi connectivity index (χ0n) is 19.7. The van der Waals surface area contributed by atoms with E-state index in [2.05, 4.69) is 24.8 Å². The molecule has 0 bridgehead atoms. The zero-order valence-corrected chi connectivity index (χ0v) is 19.7. The van der Waals surface area contributed by atoms with Crippen molar-refractivity contribution in [2.24, 2.45) is 0 Å². The van der Waals surface area contributed by atoms with Gasteiger partial charge in [-0.2, -0.15) is 5.26 Å². The highest BCUT2D eigenvalue weighted by molar-refractivity contribution is 5.99. The number of amides is 2. The van der Waals surface area contributed by atoms with E-state index in [0.717, 1.165) is 11.3 Å². The minimum atomic E-state index is -0.532. The van der Waals surface area contributed by atoms with Gasteiger partial charge < -0.3 is 14.5 Å². The van der Waals surface area contributed by atoms with E-state index in [9.17, 15) is 14.9 Å². The molecule has 0 spiro atoms. The van der Waals surface area contributed by atoms with Crippen LogP contribution in [0, 0.1) is 11.3 Å². The van der Waals surface area contributed by atoms with Crippen molar-refractivity contribution in [1.82, 2.24) is 9.80 Å². The molecule has 7 heteroatoms. The fourth-order valence-electron chi connectivity index (χ4n) is 4.47. The van der Waals surface area contributed by atoms with Gasteiger partial charge in [-0.1, -0.05) is 19.9 Å². The van der Waals surface area contributed by atoms with Gasteiger partial charge in [-0.25, -0.2) is 4.79 Å². The number of piperazine rings is 1. The van der Waals surface area contributed by atoms with E-state index >= 15 is 0 Å². The number of nitrogens with zero attached hydrogens (tertiary/aromatic N) is 4. The van der Waals surface area contributed by atoms with Gasteiger partial charge in [0.25, 0.3) is 0 Å². The normalized spacial score (nSPS) is 21.9. The first kappa shape index (κ1) is 23.1. The van der Waals surface area contributed by atoms with Crippen molar-refractivity contribution >= 4 is 17.7 Å². The van der Waals surface area contributed by atoms with E-state index < -0.39 is 5.60 Å². The van der Waals surface area contributed by atoms with Crippen LogP contribution < -0.4 is 4.90 Å². The lowest BCUT2D eigenvalue weighted by Gasteiger charge is -2.42. The van der Waals surface area contributed by atoms with Crippen molar-refractivity contribution in [3.05, 3.63) is 29.3 Å². The standard InChI is InChI=1S/C24H34N4O3/c1-16-14-26(10-11-27(16)22(30)31-23(3,4)5)17(2)21(29)28-15-24(6,7)19-9-8-18(13-25)12-20(19)28/h8-9,12,16-17H,10-11,14-15H2,1-7H3/t16-,17+/m0/s1. The Balaban J connectivity index is 1.72. The number of ether oxygens (including phenoxy) is 1. The lowest BCUT2D eigenvalue weighted by molar-refractivity contribution is -0.124. The zero-order chi connectivity index (χ0) is 23.1.